The molecule has 2 N–H and O–H groups in total. The van der Waals surface area contributed by atoms with Crippen LogP contribution >= 0.6 is 11.6 Å². The van der Waals surface area contributed by atoms with Crippen LogP contribution < -0.4 is 5.32 Å². The molecule has 0 aliphatic rings. The minimum absolute atomic E-state index is 0.131. The van der Waals surface area contributed by atoms with Gasteiger partial charge in [0.05, 0.1) is 16.1 Å². The topological polar surface area (TPSA) is 91.9 Å². The third-order valence-electron chi connectivity index (χ3n) is 5.68. The van der Waals surface area contributed by atoms with Gasteiger partial charge < -0.3 is 5.32 Å². The Morgan fingerprint density at radius 2 is 1.66 bits per heavy atom. The van der Waals surface area contributed by atoms with Gasteiger partial charge in [-0.15, -0.1) is 0 Å². The summed E-state index contributed by atoms with van der Waals surface area (Å²) in [6, 6.07) is 26.6. The average molecular weight is 502 g/mol. The van der Waals surface area contributed by atoms with E-state index < -0.39 is 9.84 Å². The van der Waals surface area contributed by atoms with Crippen molar-refractivity contribution in [3.05, 3.63) is 102 Å². The van der Waals surface area contributed by atoms with E-state index >= 15 is 0 Å². The second-order valence-corrected chi connectivity index (χ2v) is 10.6. The summed E-state index contributed by atoms with van der Waals surface area (Å²) in [6.07, 6.45) is 1.14. The minimum Gasteiger partial charge on any atom is -0.322 e. The Balaban J connectivity index is 1.51. The van der Waals surface area contributed by atoms with Crippen molar-refractivity contribution in [2.75, 3.05) is 11.6 Å². The van der Waals surface area contributed by atoms with Gasteiger partial charge in [-0.05, 0) is 59.7 Å². The quantitative estimate of drug-likeness (QED) is 0.299. The lowest BCUT2D eigenvalue weighted by Gasteiger charge is -2.13. The molecular formula is C27H20ClN3O3S. The number of amides is 1. The first-order chi connectivity index (χ1) is 16.8. The zero-order chi connectivity index (χ0) is 24.6. The largest absolute Gasteiger partial charge is 0.322 e. The van der Waals surface area contributed by atoms with Crippen molar-refractivity contribution in [1.82, 2.24) is 10.2 Å². The predicted molar refractivity (Wildman–Crippen MR) is 139 cm³/mol. The fourth-order valence-electron chi connectivity index (χ4n) is 3.95. The third-order valence-corrected chi connectivity index (χ3v) is 7.05. The summed E-state index contributed by atoms with van der Waals surface area (Å²) in [4.78, 5) is 13.5. The number of aromatic nitrogens is 2. The van der Waals surface area contributed by atoms with Crippen molar-refractivity contribution in [3.63, 3.8) is 0 Å². The number of para-hydroxylation sites is 1. The minimum atomic E-state index is -3.46. The van der Waals surface area contributed by atoms with Crippen LogP contribution in [0.2, 0.25) is 5.02 Å². The van der Waals surface area contributed by atoms with E-state index in [2.05, 4.69) is 15.5 Å². The number of hydrogen-bond donors (Lipinski definition) is 2. The lowest BCUT2D eigenvalue weighted by Crippen LogP contribution is -2.14. The summed E-state index contributed by atoms with van der Waals surface area (Å²) in [5.74, 6) is -0.362. The summed E-state index contributed by atoms with van der Waals surface area (Å²) in [7, 11) is -3.46. The van der Waals surface area contributed by atoms with E-state index in [1.807, 2.05) is 42.5 Å². The monoisotopic (exact) mass is 501 g/mol. The van der Waals surface area contributed by atoms with Crippen LogP contribution in [0.4, 0.5) is 5.69 Å². The van der Waals surface area contributed by atoms with Gasteiger partial charge in [0.15, 0.2) is 9.84 Å². The molecule has 1 heterocycles. The highest BCUT2D eigenvalue weighted by Gasteiger charge is 2.18. The third kappa shape index (κ3) is 4.69. The molecule has 5 aromatic rings. The first-order valence-corrected chi connectivity index (χ1v) is 13.0. The molecule has 0 spiro atoms. The van der Waals surface area contributed by atoms with Crippen molar-refractivity contribution >= 4 is 43.9 Å². The number of aromatic amines is 1. The number of halogens is 1. The van der Waals surface area contributed by atoms with Gasteiger partial charge in [-0.1, -0.05) is 54.1 Å². The predicted octanol–water partition coefficient (Wildman–Crippen LogP) is 6.21. The van der Waals surface area contributed by atoms with Gasteiger partial charge >= 0.3 is 0 Å². The van der Waals surface area contributed by atoms with Crippen molar-refractivity contribution in [1.29, 1.82) is 0 Å². The maximum absolute atomic E-state index is 13.3. The molecule has 0 bridgehead atoms. The molecule has 0 atom stereocenters. The molecule has 5 rings (SSSR count). The molecule has 0 radical (unpaired) electrons. The zero-order valence-electron chi connectivity index (χ0n) is 18.6. The zero-order valence-corrected chi connectivity index (χ0v) is 20.2. The molecule has 0 fully saturated rings. The lowest BCUT2D eigenvalue weighted by molar-refractivity contribution is 0.102. The van der Waals surface area contributed by atoms with Crippen molar-refractivity contribution in [3.8, 4) is 22.4 Å². The molecule has 0 unspecified atom stereocenters. The Morgan fingerprint density at radius 1 is 0.886 bits per heavy atom. The summed E-state index contributed by atoms with van der Waals surface area (Å²) >= 11 is 6.02. The molecule has 0 aliphatic heterocycles. The highest BCUT2D eigenvalue weighted by atomic mass is 35.5. The van der Waals surface area contributed by atoms with E-state index in [1.165, 1.54) is 18.2 Å². The number of nitrogens with zero attached hydrogens (tertiary/aromatic N) is 1. The number of sulfone groups is 1. The standard InChI is InChI=1S/C27H20ClN3O3S/c1-35(33,34)21-13-14-22(24(16-21)17-9-11-19(28)12-10-17)27(32)29-20-6-4-5-18(15-20)26-23-7-2-3-8-25(23)30-31-26/h2-16H,1H3,(H,29,32)(H,30,31). The molecule has 174 valence electrons. The molecule has 0 saturated heterocycles. The molecule has 1 aromatic heterocycles. The summed E-state index contributed by atoms with van der Waals surface area (Å²) < 4.78 is 24.3. The number of anilines is 1. The highest BCUT2D eigenvalue weighted by molar-refractivity contribution is 7.90. The van der Waals surface area contributed by atoms with Crippen LogP contribution in [0.5, 0.6) is 0 Å². The maximum atomic E-state index is 13.3. The van der Waals surface area contributed by atoms with Crippen LogP contribution in [0, 0.1) is 0 Å². The first-order valence-electron chi connectivity index (χ1n) is 10.7. The Kier molecular flexibility index (Phi) is 5.88. The molecule has 1 amide bonds. The van der Waals surface area contributed by atoms with Crippen molar-refractivity contribution in [2.24, 2.45) is 0 Å². The van der Waals surface area contributed by atoms with Gasteiger partial charge in [0, 0.05) is 33.5 Å². The number of carbonyl (C=O) groups is 1. The maximum Gasteiger partial charge on any atom is 0.256 e. The van der Waals surface area contributed by atoms with E-state index in [1.54, 1.807) is 30.3 Å². The Labute approximate surface area is 207 Å². The smallest absolute Gasteiger partial charge is 0.256 e. The fourth-order valence-corrected chi connectivity index (χ4v) is 4.72. The van der Waals surface area contributed by atoms with E-state index in [-0.39, 0.29) is 10.8 Å². The Bertz CT molecular complexity index is 1680. The lowest BCUT2D eigenvalue weighted by atomic mass is 9.99. The molecule has 0 saturated carbocycles. The number of nitrogens with one attached hydrogen (secondary N) is 2. The Hall–Kier alpha value is -3.94. The van der Waals surface area contributed by atoms with E-state index in [9.17, 15) is 13.2 Å². The van der Waals surface area contributed by atoms with Crippen LogP contribution in [0.3, 0.4) is 0 Å². The van der Waals surface area contributed by atoms with Crippen LogP contribution in [0.25, 0.3) is 33.3 Å². The van der Waals surface area contributed by atoms with Crippen LogP contribution in [-0.4, -0.2) is 30.8 Å². The summed E-state index contributed by atoms with van der Waals surface area (Å²) in [5.41, 5.74) is 4.68. The van der Waals surface area contributed by atoms with Gasteiger partial charge in [-0.3, -0.25) is 9.89 Å². The second-order valence-electron chi connectivity index (χ2n) is 8.14. The molecule has 4 aromatic carbocycles. The van der Waals surface area contributed by atoms with Crippen LogP contribution in [-0.2, 0) is 9.84 Å². The molecule has 0 aliphatic carbocycles. The second kappa shape index (κ2) is 9.02. The van der Waals surface area contributed by atoms with Gasteiger partial charge in [0.25, 0.3) is 5.91 Å². The highest BCUT2D eigenvalue weighted by Crippen LogP contribution is 2.31. The van der Waals surface area contributed by atoms with Crippen LogP contribution in [0.15, 0.2) is 95.9 Å². The summed E-state index contributed by atoms with van der Waals surface area (Å²) in [5, 5.41) is 11.9. The normalized spacial score (nSPS) is 11.5. The Morgan fingerprint density at radius 3 is 2.43 bits per heavy atom. The number of fused-ring (bicyclic) bond motifs is 1. The van der Waals surface area contributed by atoms with Crippen LogP contribution in [0.1, 0.15) is 10.4 Å². The average Bonchev–Trinajstić information content (AvgIpc) is 3.28. The van der Waals surface area contributed by atoms with Gasteiger partial charge in [0.2, 0.25) is 0 Å². The van der Waals surface area contributed by atoms with Gasteiger partial charge in [0.1, 0.15) is 0 Å². The van der Waals surface area contributed by atoms with Gasteiger partial charge in [-0.25, -0.2) is 8.42 Å². The number of benzene rings is 4. The molecule has 8 heteroatoms. The number of H-pyrrole nitrogens is 1. The molecule has 35 heavy (non-hydrogen) atoms. The number of carbonyl (C=O) groups excluding carboxylic acids is 1. The SMILES string of the molecule is CS(=O)(=O)c1ccc(C(=O)Nc2cccc(-c3n[nH]c4ccccc34)c2)c(-c2ccc(Cl)cc2)c1. The van der Waals surface area contributed by atoms with Gasteiger partial charge in [-0.2, -0.15) is 5.10 Å². The van der Waals surface area contributed by atoms with E-state index in [4.69, 9.17) is 11.6 Å². The van der Waals surface area contributed by atoms with E-state index in [0.29, 0.717) is 27.4 Å². The summed E-state index contributed by atoms with van der Waals surface area (Å²) in [6.45, 7) is 0. The van der Waals surface area contributed by atoms with E-state index in [0.717, 1.165) is 28.4 Å². The van der Waals surface area contributed by atoms with Crippen molar-refractivity contribution < 1.29 is 13.2 Å². The number of rotatable bonds is 5. The van der Waals surface area contributed by atoms with Crippen molar-refractivity contribution in [2.45, 2.75) is 4.90 Å². The number of hydrogen-bond acceptors (Lipinski definition) is 4. The molecule has 6 nitrogen and oxygen atoms in total. The first kappa shape index (κ1) is 22.8. The fraction of sp³-hybridized carbons (Fsp3) is 0.0370. The molecular weight excluding hydrogens is 482 g/mol.